The van der Waals surface area contributed by atoms with Crippen molar-refractivity contribution in [1.29, 1.82) is 0 Å². The molecule has 3 aromatic heterocycles. The summed E-state index contributed by atoms with van der Waals surface area (Å²) < 4.78 is 7.77. The van der Waals surface area contributed by atoms with Crippen LogP contribution in [0.4, 0.5) is 11.6 Å². The first-order valence-corrected chi connectivity index (χ1v) is 9.77. The lowest BCUT2D eigenvalue weighted by Gasteiger charge is -2.14. The lowest BCUT2D eigenvalue weighted by atomic mass is 10.3. The van der Waals surface area contributed by atoms with E-state index in [2.05, 4.69) is 20.2 Å². The minimum Gasteiger partial charge on any atom is -0.493 e. The van der Waals surface area contributed by atoms with Crippen LogP contribution in [0.5, 0.6) is 11.6 Å². The molecule has 0 saturated carbocycles. The van der Waals surface area contributed by atoms with Gasteiger partial charge in [0.1, 0.15) is 18.5 Å². The Kier molecular flexibility index (Phi) is 5.92. The van der Waals surface area contributed by atoms with Crippen molar-refractivity contribution < 1.29 is 14.9 Å². The number of nitrogens with zero attached hydrogens (tertiary/aromatic N) is 5. The molecule has 0 fully saturated rings. The topological polar surface area (TPSA) is 213 Å². The number of fused-ring (bicyclic) bond motifs is 1. The smallest absolute Gasteiger partial charge is 0.329 e. The summed E-state index contributed by atoms with van der Waals surface area (Å²) in [5, 5.41) is 27.7. The highest BCUT2D eigenvalue weighted by atomic mass is 16.5. The van der Waals surface area contributed by atoms with Crippen LogP contribution in [0, 0.1) is 0 Å². The second-order valence-corrected chi connectivity index (χ2v) is 7.10. The number of hydrogen-bond acceptors (Lipinski definition) is 10. The third-order valence-electron chi connectivity index (χ3n) is 4.70. The summed E-state index contributed by atoms with van der Waals surface area (Å²) in [5.41, 5.74) is -4.24. The van der Waals surface area contributed by atoms with Crippen LogP contribution in [0.3, 0.4) is 0 Å². The van der Waals surface area contributed by atoms with E-state index in [4.69, 9.17) is 4.74 Å². The first-order valence-electron chi connectivity index (χ1n) is 9.77. The zero-order valence-electron chi connectivity index (χ0n) is 17.6. The van der Waals surface area contributed by atoms with E-state index in [0.29, 0.717) is 5.75 Å². The molecular weight excluding hydrogens is 452 g/mol. The van der Waals surface area contributed by atoms with Gasteiger partial charge >= 0.3 is 11.4 Å². The zero-order valence-corrected chi connectivity index (χ0v) is 17.6. The van der Waals surface area contributed by atoms with Crippen LogP contribution in [-0.2, 0) is 13.6 Å². The molecule has 1 atom stereocenters. The highest BCUT2D eigenvalue weighted by molar-refractivity contribution is 5.73. The molecule has 0 spiro atoms. The Morgan fingerprint density at radius 3 is 2.50 bits per heavy atom. The maximum absolute atomic E-state index is 12.5. The normalized spacial score (nSPS) is 12.4. The molecule has 3 heterocycles. The highest BCUT2D eigenvalue weighted by Gasteiger charge is 2.20. The first kappa shape index (κ1) is 22.4. The van der Waals surface area contributed by atoms with Crippen LogP contribution < -0.4 is 27.2 Å². The van der Waals surface area contributed by atoms with Crippen molar-refractivity contribution >= 4 is 22.8 Å². The summed E-state index contributed by atoms with van der Waals surface area (Å²) in [5.74, 6) is -0.572. The number of nitrogens with one attached hydrogen (secondary N) is 3. The minimum absolute atomic E-state index is 0.0570. The van der Waals surface area contributed by atoms with Crippen LogP contribution in [0.2, 0.25) is 0 Å². The van der Waals surface area contributed by atoms with E-state index in [1.165, 1.54) is 11.6 Å². The Morgan fingerprint density at radius 1 is 1.06 bits per heavy atom. The Hall–Kier alpha value is -4.79. The van der Waals surface area contributed by atoms with E-state index in [9.17, 15) is 29.4 Å². The number of aromatic hydroxyl groups is 1. The molecule has 1 aromatic carbocycles. The lowest BCUT2D eigenvalue weighted by Crippen LogP contribution is -2.30. The average molecular weight is 470 g/mol. The zero-order chi connectivity index (χ0) is 24.4. The summed E-state index contributed by atoms with van der Waals surface area (Å²) in [4.78, 5) is 57.7. The molecule has 176 valence electrons. The van der Waals surface area contributed by atoms with Crippen LogP contribution in [0.1, 0.15) is 0 Å². The molecule has 15 nitrogen and oxygen atoms in total. The Bertz CT molecular complexity index is 1610. The standard InChI is InChI=1S/C19H18N8O7/c1-26-13-12(16(31)23-19(26)33)27(7-9(28)8-34-10-5-3-2-4-6-10)17(20-13)25-24-11-14(29)21-18(32)22-15(11)30/h2-6,9,28H,7-8H2,1H3,(H,23,31,33)(H3,21,22,29,30,32)/t9-/m0/s1. The number of ether oxygens (including phenoxy) is 1. The average Bonchev–Trinajstić information content (AvgIpc) is 3.15. The van der Waals surface area contributed by atoms with E-state index in [-0.39, 0.29) is 30.3 Å². The fraction of sp³-hybridized carbons (Fsp3) is 0.211. The number of aliphatic hydroxyl groups is 1. The summed E-state index contributed by atoms with van der Waals surface area (Å²) in [6.07, 6.45) is -1.15. The summed E-state index contributed by atoms with van der Waals surface area (Å²) in [6, 6.07) is 8.73. The maximum atomic E-state index is 12.5. The van der Waals surface area contributed by atoms with Crippen LogP contribution >= 0.6 is 0 Å². The summed E-state index contributed by atoms with van der Waals surface area (Å²) in [7, 11) is 1.37. The molecular formula is C19H18N8O7. The first-order chi connectivity index (χ1) is 16.2. The number of para-hydroxylation sites is 1. The fourth-order valence-corrected chi connectivity index (χ4v) is 3.10. The van der Waals surface area contributed by atoms with Crippen LogP contribution in [0.25, 0.3) is 11.2 Å². The minimum atomic E-state index is -1.15. The number of aliphatic hydroxyl groups excluding tert-OH is 1. The van der Waals surface area contributed by atoms with Crippen molar-refractivity contribution in [3.8, 4) is 11.6 Å². The van der Waals surface area contributed by atoms with E-state index < -0.39 is 40.2 Å². The van der Waals surface area contributed by atoms with Crippen molar-refractivity contribution in [3.63, 3.8) is 0 Å². The molecule has 15 heteroatoms. The van der Waals surface area contributed by atoms with E-state index in [1.807, 2.05) is 9.97 Å². The van der Waals surface area contributed by atoms with Crippen LogP contribution in [-0.4, -0.2) is 52.0 Å². The van der Waals surface area contributed by atoms with Gasteiger partial charge in [-0.15, -0.1) is 10.2 Å². The number of imidazole rings is 1. The van der Waals surface area contributed by atoms with E-state index >= 15 is 0 Å². The second-order valence-electron chi connectivity index (χ2n) is 7.10. The van der Waals surface area contributed by atoms with Crippen molar-refractivity contribution in [1.82, 2.24) is 29.1 Å². The largest absolute Gasteiger partial charge is 0.493 e. The van der Waals surface area contributed by atoms with Crippen molar-refractivity contribution in [3.05, 3.63) is 72.0 Å². The number of rotatable bonds is 7. The third kappa shape index (κ3) is 4.40. The molecule has 0 saturated heterocycles. The fourth-order valence-electron chi connectivity index (χ4n) is 3.10. The number of benzene rings is 1. The number of azo groups is 1. The predicted molar refractivity (Wildman–Crippen MR) is 117 cm³/mol. The van der Waals surface area contributed by atoms with Gasteiger partial charge < -0.3 is 14.9 Å². The van der Waals surface area contributed by atoms with Gasteiger partial charge in [0.15, 0.2) is 11.2 Å². The van der Waals surface area contributed by atoms with Gasteiger partial charge in [0, 0.05) is 7.05 Å². The molecule has 34 heavy (non-hydrogen) atoms. The number of hydrogen-bond donors (Lipinski definition) is 5. The van der Waals surface area contributed by atoms with Crippen molar-refractivity contribution in [2.75, 3.05) is 6.61 Å². The van der Waals surface area contributed by atoms with Crippen molar-refractivity contribution in [2.24, 2.45) is 17.3 Å². The number of H-pyrrole nitrogens is 3. The molecule has 0 unspecified atom stereocenters. The molecule has 0 radical (unpaired) electrons. The lowest BCUT2D eigenvalue weighted by molar-refractivity contribution is 0.0937. The van der Waals surface area contributed by atoms with Crippen molar-refractivity contribution in [2.45, 2.75) is 12.6 Å². The Morgan fingerprint density at radius 2 is 1.79 bits per heavy atom. The molecule has 0 amide bonds. The van der Waals surface area contributed by atoms with Gasteiger partial charge in [-0.05, 0) is 12.1 Å². The summed E-state index contributed by atoms with van der Waals surface area (Å²) in [6.45, 7) is -0.392. The Labute approximate surface area is 187 Å². The SMILES string of the molecule is Cn1c(=O)[nH]c(=O)c2c1nc(N=Nc1c(O)[nH]c(=O)[nH]c1=O)n2C[C@H](O)COc1ccccc1. The van der Waals surface area contributed by atoms with Gasteiger partial charge in [-0.25, -0.2) is 9.59 Å². The second kappa shape index (κ2) is 8.99. The van der Waals surface area contributed by atoms with Gasteiger partial charge in [-0.3, -0.25) is 33.7 Å². The molecule has 4 aromatic rings. The van der Waals surface area contributed by atoms with Gasteiger partial charge in [0.05, 0.1) is 6.54 Å². The molecule has 0 aliphatic carbocycles. The van der Waals surface area contributed by atoms with Gasteiger partial charge in [-0.2, -0.15) is 4.98 Å². The highest BCUT2D eigenvalue weighted by Crippen LogP contribution is 2.23. The summed E-state index contributed by atoms with van der Waals surface area (Å²) >= 11 is 0. The quantitative estimate of drug-likeness (QED) is 0.219. The molecule has 4 rings (SSSR count). The third-order valence-corrected chi connectivity index (χ3v) is 4.70. The van der Waals surface area contributed by atoms with Gasteiger partial charge in [0.2, 0.25) is 11.6 Å². The monoisotopic (exact) mass is 470 g/mol. The maximum Gasteiger partial charge on any atom is 0.329 e. The molecule has 5 N–H and O–H groups in total. The molecule has 0 aliphatic heterocycles. The van der Waals surface area contributed by atoms with E-state index in [0.717, 1.165) is 4.57 Å². The Balaban J connectivity index is 1.75. The van der Waals surface area contributed by atoms with Gasteiger partial charge in [0.25, 0.3) is 17.1 Å². The number of aromatic nitrogens is 6. The number of aromatic amines is 3. The molecule has 0 aliphatic rings. The van der Waals surface area contributed by atoms with Gasteiger partial charge in [-0.1, -0.05) is 18.2 Å². The molecule has 0 bridgehead atoms. The van der Waals surface area contributed by atoms with Crippen LogP contribution in [0.15, 0.2) is 59.7 Å². The predicted octanol–water partition coefficient (Wildman–Crippen LogP) is -0.639. The van der Waals surface area contributed by atoms with E-state index in [1.54, 1.807) is 30.3 Å². The number of aryl methyl sites for hydroxylation is 1.